The van der Waals surface area contributed by atoms with Crippen LogP contribution in [0.25, 0.3) is 0 Å². The van der Waals surface area contributed by atoms with Crippen molar-refractivity contribution in [2.24, 2.45) is 0 Å². The third kappa shape index (κ3) is 3.13. The second-order valence-electron chi connectivity index (χ2n) is 10.7. The van der Waals surface area contributed by atoms with Crippen LogP contribution in [0.2, 0.25) is 0 Å². The highest BCUT2D eigenvalue weighted by Crippen LogP contribution is 2.55. The highest BCUT2D eigenvalue weighted by Gasteiger charge is 2.62. The van der Waals surface area contributed by atoms with Gasteiger partial charge in [-0.3, -0.25) is 14.5 Å². The van der Waals surface area contributed by atoms with E-state index < -0.39 is 29.5 Å². The molecule has 2 aromatic carbocycles. The highest BCUT2D eigenvalue weighted by molar-refractivity contribution is 6.62. The number of carbonyl (C=O) groups excluding carboxylic acids is 2. The molecule has 172 valence electrons. The van der Waals surface area contributed by atoms with Crippen LogP contribution in [0, 0.1) is 0 Å². The Bertz CT molecular complexity index is 1080. The molecule has 0 spiro atoms. The van der Waals surface area contributed by atoms with Gasteiger partial charge in [-0.1, -0.05) is 43.3 Å². The van der Waals surface area contributed by atoms with Crippen molar-refractivity contribution in [1.82, 2.24) is 4.90 Å². The van der Waals surface area contributed by atoms with E-state index in [9.17, 15) is 14.7 Å². The van der Waals surface area contributed by atoms with Crippen molar-refractivity contribution in [1.29, 1.82) is 0 Å². The zero-order chi connectivity index (χ0) is 23.8. The largest absolute Gasteiger partial charge is 0.494 e. The van der Waals surface area contributed by atoms with Crippen LogP contribution in [-0.2, 0) is 14.8 Å². The molecule has 0 bridgehead atoms. The van der Waals surface area contributed by atoms with E-state index >= 15 is 0 Å². The molecule has 7 heteroatoms. The van der Waals surface area contributed by atoms with E-state index in [1.54, 1.807) is 24.3 Å². The summed E-state index contributed by atoms with van der Waals surface area (Å²) in [5.41, 5.74) is -0.126. The number of rotatable bonds is 4. The maximum absolute atomic E-state index is 13.3. The number of imide groups is 1. The first-order valence-corrected chi connectivity index (χ1v) is 11.6. The van der Waals surface area contributed by atoms with Crippen molar-refractivity contribution >= 4 is 24.4 Å². The van der Waals surface area contributed by atoms with Crippen molar-refractivity contribution < 1.29 is 24.0 Å². The fourth-order valence-corrected chi connectivity index (χ4v) is 5.29. The molecule has 2 aliphatic heterocycles. The van der Waals surface area contributed by atoms with Gasteiger partial charge in [0.2, 0.25) is 0 Å². The van der Waals surface area contributed by atoms with Crippen LogP contribution >= 0.6 is 0 Å². The Morgan fingerprint density at radius 2 is 1.36 bits per heavy atom. The van der Waals surface area contributed by atoms with E-state index in [0.29, 0.717) is 30.4 Å². The van der Waals surface area contributed by atoms with E-state index in [1.165, 1.54) is 4.90 Å². The summed E-state index contributed by atoms with van der Waals surface area (Å²) >= 11 is 0. The molecule has 2 fully saturated rings. The minimum atomic E-state index is -0.903. The fraction of sp³-hybridized carbons (Fsp3) is 0.462. The molecule has 2 amide bonds. The predicted octanol–water partition coefficient (Wildman–Crippen LogP) is 3.41. The first kappa shape index (κ1) is 22.3. The molecule has 5 rings (SSSR count). The molecule has 2 aromatic rings. The van der Waals surface area contributed by atoms with Crippen molar-refractivity contribution in [3.63, 3.8) is 0 Å². The molecule has 1 saturated carbocycles. The molecule has 1 N–H and O–H groups in total. The normalized spacial score (nSPS) is 29.9. The fourth-order valence-electron chi connectivity index (χ4n) is 5.29. The lowest BCUT2D eigenvalue weighted by molar-refractivity contribution is -0.132. The summed E-state index contributed by atoms with van der Waals surface area (Å²) in [5.74, 6) is -0.604. The molecule has 2 heterocycles. The number of aliphatic hydroxyl groups is 1. The van der Waals surface area contributed by atoms with Gasteiger partial charge < -0.3 is 14.4 Å². The van der Waals surface area contributed by atoms with Gasteiger partial charge >= 0.3 is 7.12 Å². The molecule has 1 saturated heterocycles. The minimum absolute atomic E-state index is 0.302. The predicted molar refractivity (Wildman–Crippen MR) is 125 cm³/mol. The Morgan fingerprint density at radius 1 is 0.879 bits per heavy atom. The van der Waals surface area contributed by atoms with E-state index in [0.717, 1.165) is 11.0 Å². The Kier molecular flexibility index (Phi) is 4.74. The van der Waals surface area contributed by atoms with Gasteiger partial charge in [0, 0.05) is 12.8 Å². The summed E-state index contributed by atoms with van der Waals surface area (Å²) in [5, 5.41) is 10.9. The minimum Gasteiger partial charge on any atom is -0.399 e. The van der Waals surface area contributed by atoms with Gasteiger partial charge in [-0.2, -0.15) is 0 Å². The summed E-state index contributed by atoms with van der Waals surface area (Å²) in [7, 11) is -0.492. The number of benzene rings is 2. The lowest BCUT2D eigenvalue weighted by Crippen LogP contribution is -2.64. The van der Waals surface area contributed by atoms with E-state index in [4.69, 9.17) is 9.31 Å². The summed E-state index contributed by atoms with van der Waals surface area (Å²) in [4.78, 5) is 28.0. The van der Waals surface area contributed by atoms with Gasteiger partial charge in [0.25, 0.3) is 11.8 Å². The molecule has 1 aliphatic carbocycles. The van der Waals surface area contributed by atoms with Crippen LogP contribution in [0.4, 0.5) is 0 Å². The molecule has 0 aromatic heterocycles. The molecule has 3 aliphatic rings. The number of fused-ring (bicyclic) bond motifs is 1. The molecule has 0 atom stereocenters. The maximum atomic E-state index is 13.3. The zero-order valence-electron chi connectivity index (χ0n) is 19.8. The highest BCUT2D eigenvalue weighted by atomic mass is 16.7. The Balaban J connectivity index is 1.50. The monoisotopic (exact) mass is 447 g/mol. The summed E-state index contributed by atoms with van der Waals surface area (Å²) in [6.07, 6.45) is 1.19. The molecule has 6 nitrogen and oxygen atoms in total. The average molecular weight is 447 g/mol. The lowest BCUT2D eigenvalue weighted by Gasteiger charge is -2.56. The van der Waals surface area contributed by atoms with Crippen LogP contribution in [0.1, 0.15) is 80.2 Å². The first-order valence-electron chi connectivity index (χ1n) is 11.6. The van der Waals surface area contributed by atoms with E-state index in [2.05, 4.69) is 0 Å². The van der Waals surface area contributed by atoms with Crippen molar-refractivity contribution in [2.45, 2.75) is 76.2 Å². The smallest absolute Gasteiger partial charge is 0.399 e. The topological polar surface area (TPSA) is 76.1 Å². The lowest BCUT2D eigenvalue weighted by atomic mass is 9.59. The van der Waals surface area contributed by atoms with Crippen LogP contribution in [0.5, 0.6) is 0 Å². The molecule has 0 radical (unpaired) electrons. The quantitative estimate of drug-likeness (QED) is 0.575. The standard InChI is InChI=1S/C26H30BNO5/c1-6-25(31)15-26(16-25,28-21(29)19-9-7-8-10-20(19)22(28)30)17-11-13-18(14-12-17)27-32-23(2,3)24(4,5)33-27/h7-14,31H,6,15-16H2,1-5H3/t25-,26-. The van der Waals surface area contributed by atoms with Gasteiger partial charge in [-0.05, 0) is 57.3 Å². The van der Waals surface area contributed by atoms with Crippen molar-refractivity contribution in [2.75, 3.05) is 0 Å². The van der Waals surface area contributed by atoms with Gasteiger partial charge in [0.15, 0.2) is 0 Å². The number of amides is 2. The summed E-state index contributed by atoms with van der Waals surface area (Å²) in [6.45, 7) is 9.97. The van der Waals surface area contributed by atoms with Crippen LogP contribution in [0.3, 0.4) is 0 Å². The Morgan fingerprint density at radius 3 is 1.82 bits per heavy atom. The third-order valence-corrected chi connectivity index (χ3v) is 8.10. The second kappa shape index (κ2) is 7.01. The second-order valence-corrected chi connectivity index (χ2v) is 10.7. The number of nitrogens with zero attached hydrogens (tertiary/aromatic N) is 1. The first-order chi connectivity index (χ1) is 15.4. The summed E-state index contributed by atoms with van der Waals surface area (Å²) in [6, 6.07) is 14.6. The average Bonchev–Trinajstić information content (AvgIpc) is 3.14. The number of hydrogen-bond donors (Lipinski definition) is 1. The van der Waals surface area contributed by atoms with Crippen LogP contribution in [0.15, 0.2) is 48.5 Å². The van der Waals surface area contributed by atoms with Gasteiger partial charge in [0.05, 0.1) is 33.5 Å². The van der Waals surface area contributed by atoms with Crippen LogP contribution in [-0.4, -0.2) is 45.7 Å². The van der Waals surface area contributed by atoms with E-state index in [1.807, 2.05) is 58.9 Å². The molecular formula is C26H30BNO5. The molecule has 0 unspecified atom stereocenters. The molecular weight excluding hydrogens is 417 g/mol. The summed E-state index contributed by atoms with van der Waals surface area (Å²) < 4.78 is 12.3. The zero-order valence-corrected chi connectivity index (χ0v) is 19.8. The Labute approximate surface area is 195 Å². The van der Waals surface area contributed by atoms with Crippen LogP contribution < -0.4 is 5.46 Å². The molecule has 33 heavy (non-hydrogen) atoms. The van der Waals surface area contributed by atoms with Gasteiger partial charge in [-0.15, -0.1) is 0 Å². The maximum Gasteiger partial charge on any atom is 0.494 e. The Hall–Kier alpha value is -2.48. The SMILES string of the molecule is CC[C@]1(O)C[C@](c2ccc(B3OC(C)(C)C(C)(C)O3)cc2)(N2C(=O)c3ccccc3C2=O)C1. The van der Waals surface area contributed by atoms with Crippen molar-refractivity contribution in [3.05, 3.63) is 65.2 Å². The number of carbonyl (C=O) groups is 2. The third-order valence-electron chi connectivity index (χ3n) is 8.10. The van der Waals surface area contributed by atoms with Gasteiger partial charge in [-0.25, -0.2) is 0 Å². The van der Waals surface area contributed by atoms with E-state index in [-0.39, 0.29) is 11.8 Å². The van der Waals surface area contributed by atoms with Crippen molar-refractivity contribution in [3.8, 4) is 0 Å². The van der Waals surface area contributed by atoms with Gasteiger partial charge in [0.1, 0.15) is 0 Å². The number of hydrogen-bond acceptors (Lipinski definition) is 5.